The second-order valence-electron chi connectivity index (χ2n) is 9.07. The number of hydrogen-bond donors (Lipinski definition) is 1. The fourth-order valence-corrected chi connectivity index (χ4v) is 5.30. The minimum Gasteiger partial charge on any atom is -0.350 e. The molecule has 2 aromatic heterocycles. The number of aryl methyl sites for hydroxylation is 2. The Labute approximate surface area is 213 Å². The second-order valence-corrected chi connectivity index (χ2v) is 10.4. The molecule has 0 saturated heterocycles. The summed E-state index contributed by atoms with van der Waals surface area (Å²) in [6.07, 6.45) is 0. The number of anilines is 1. The van der Waals surface area contributed by atoms with Gasteiger partial charge in [0.15, 0.2) is 0 Å². The molecule has 6 nitrogen and oxygen atoms in total. The first-order chi connectivity index (χ1) is 16.8. The molecule has 5 rings (SSSR count). The Kier molecular flexibility index (Phi) is 5.99. The molecule has 0 bridgehead atoms. The number of benzene rings is 2. The number of carbonyl (C=O) groups excluding carboxylic acids is 2. The summed E-state index contributed by atoms with van der Waals surface area (Å²) < 4.78 is 1.65. The molecule has 1 N–H and O–H groups in total. The van der Waals surface area contributed by atoms with Crippen molar-refractivity contribution in [3.8, 4) is 10.6 Å². The Bertz CT molecular complexity index is 1430. The molecule has 0 saturated carbocycles. The molecule has 4 aromatic rings. The van der Waals surface area contributed by atoms with E-state index < -0.39 is 5.54 Å². The Morgan fingerprint density at radius 1 is 1.14 bits per heavy atom. The number of hydrogen-bond acceptors (Lipinski definition) is 4. The molecule has 0 fully saturated rings. The van der Waals surface area contributed by atoms with E-state index in [0.29, 0.717) is 22.9 Å². The third-order valence-electron chi connectivity index (χ3n) is 6.37. The lowest BCUT2D eigenvalue weighted by Gasteiger charge is -2.43. The van der Waals surface area contributed by atoms with Crippen molar-refractivity contribution < 1.29 is 9.59 Å². The fourth-order valence-electron chi connectivity index (χ4n) is 4.45. The van der Waals surface area contributed by atoms with Gasteiger partial charge in [-0.3, -0.25) is 19.2 Å². The van der Waals surface area contributed by atoms with Crippen molar-refractivity contribution in [2.45, 2.75) is 39.4 Å². The number of carbonyl (C=O) groups is 2. The van der Waals surface area contributed by atoms with Gasteiger partial charge < -0.3 is 5.32 Å². The van der Waals surface area contributed by atoms with Crippen molar-refractivity contribution in [2.24, 2.45) is 0 Å². The summed E-state index contributed by atoms with van der Waals surface area (Å²) in [5.41, 5.74) is 3.52. The van der Waals surface area contributed by atoms with Crippen LogP contribution >= 0.6 is 22.9 Å². The normalized spacial score (nSPS) is 17.4. The standard InChI is InChI=1S/C27H25ClN4O2S/c1-17-6-4-7-19(12-17)15-29-26(34)27(3)16-31-23(14-22(30-31)24-8-5-11-35-24)25(33)32(27)20-10-9-18(2)21(28)13-20/h4-14H,15-16H2,1-3H3,(H,29,34). The zero-order chi connectivity index (χ0) is 24.7. The zero-order valence-corrected chi connectivity index (χ0v) is 21.3. The molecule has 8 heteroatoms. The number of thiophene rings is 1. The molecule has 1 unspecified atom stereocenters. The first kappa shape index (κ1) is 23.3. The first-order valence-electron chi connectivity index (χ1n) is 11.3. The van der Waals surface area contributed by atoms with Crippen molar-refractivity contribution >= 4 is 40.4 Å². The Morgan fingerprint density at radius 3 is 2.69 bits per heavy atom. The van der Waals surface area contributed by atoms with Crippen LogP contribution < -0.4 is 10.2 Å². The molecule has 2 amide bonds. The van der Waals surface area contributed by atoms with Gasteiger partial charge >= 0.3 is 0 Å². The van der Waals surface area contributed by atoms with Crippen LogP contribution in [0.1, 0.15) is 34.1 Å². The molecule has 35 heavy (non-hydrogen) atoms. The summed E-state index contributed by atoms with van der Waals surface area (Å²) >= 11 is 7.98. The molecular formula is C27H25ClN4O2S. The Hall–Kier alpha value is -3.42. The highest BCUT2D eigenvalue weighted by molar-refractivity contribution is 7.13. The average molecular weight is 505 g/mol. The number of fused-ring (bicyclic) bond motifs is 1. The molecule has 3 heterocycles. The van der Waals surface area contributed by atoms with Crippen LogP contribution in [0.25, 0.3) is 10.6 Å². The van der Waals surface area contributed by atoms with Crippen LogP contribution in [0.15, 0.2) is 66.0 Å². The molecule has 1 aliphatic rings. The quantitative estimate of drug-likeness (QED) is 0.383. The summed E-state index contributed by atoms with van der Waals surface area (Å²) in [6.45, 7) is 6.27. The predicted molar refractivity (Wildman–Crippen MR) is 140 cm³/mol. The van der Waals surface area contributed by atoms with E-state index in [0.717, 1.165) is 27.3 Å². The minimum absolute atomic E-state index is 0.213. The van der Waals surface area contributed by atoms with Gasteiger partial charge in [-0.15, -0.1) is 11.3 Å². The molecule has 0 radical (unpaired) electrons. The molecule has 0 spiro atoms. The lowest BCUT2D eigenvalue weighted by Crippen LogP contribution is -2.64. The van der Waals surface area contributed by atoms with E-state index in [1.165, 1.54) is 0 Å². The number of halogens is 1. The lowest BCUT2D eigenvalue weighted by atomic mass is 9.93. The Balaban J connectivity index is 1.55. The van der Waals surface area contributed by atoms with Gasteiger partial charge in [0.1, 0.15) is 16.9 Å². The monoisotopic (exact) mass is 504 g/mol. The van der Waals surface area contributed by atoms with E-state index in [2.05, 4.69) is 10.4 Å². The largest absolute Gasteiger partial charge is 0.350 e. The maximum Gasteiger partial charge on any atom is 0.277 e. The first-order valence-corrected chi connectivity index (χ1v) is 12.6. The molecule has 0 aliphatic carbocycles. The summed E-state index contributed by atoms with van der Waals surface area (Å²) in [7, 11) is 0. The topological polar surface area (TPSA) is 67.2 Å². The number of aromatic nitrogens is 2. The number of nitrogens with one attached hydrogen (secondary N) is 1. The molecule has 2 aromatic carbocycles. The second kappa shape index (κ2) is 8.98. The summed E-state index contributed by atoms with van der Waals surface area (Å²) in [5.74, 6) is -0.553. The molecular weight excluding hydrogens is 480 g/mol. The third-order valence-corrected chi connectivity index (χ3v) is 7.66. The van der Waals surface area contributed by atoms with Gasteiger partial charge in [-0.2, -0.15) is 5.10 Å². The smallest absolute Gasteiger partial charge is 0.277 e. The SMILES string of the molecule is Cc1cccc(CNC(=O)C2(C)Cn3nc(-c4cccs4)cc3C(=O)N2c2ccc(C)c(Cl)c2)c1. The maximum atomic E-state index is 13.9. The highest BCUT2D eigenvalue weighted by Gasteiger charge is 2.49. The number of amides is 2. The van der Waals surface area contributed by atoms with Crippen molar-refractivity contribution in [1.29, 1.82) is 0 Å². The summed E-state index contributed by atoms with van der Waals surface area (Å²) in [5, 5.41) is 10.2. The van der Waals surface area contributed by atoms with Crippen LogP contribution in [-0.2, 0) is 17.9 Å². The lowest BCUT2D eigenvalue weighted by molar-refractivity contribution is -0.126. The van der Waals surface area contributed by atoms with E-state index in [1.807, 2.05) is 67.8 Å². The number of nitrogens with zero attached hydrogens (tertiary/aromatic N) is 3. The Morgan fingerprint density at radius 2 is 1.97 bits per heavy atom. The highest BCUT2D eigenvalue weighted by Crippen LogP contribution is 2.36. The number of rotatable bonds is 5. The molecule has 1 atom stereocenters. The van der Waals surface area contributed by atoms with E-state index in [-0.39, 0.29) is 18.4 Å². The van der Waals surface area contributed by atoms with Crippen LogP contribution in [0, 0.1) is 13.8 Å². The molecule has 1 aliphatic heterocycles. The van der Waals surface area contributed by atoms with Gasteiger partial charge in [-0.1, -0.05) is 53.6 Å². The highest BCUT2D eigenvalue weighted by atomic mass is 35.5. The maximum absolute atomic E-state index is 13.9. The van der Waals surface area contributed by atoms with Gasteiger partial charge in [0, 0.05) is 17.3 Å². The van der Waals surface area contributed by atoms with Crippen LogP contribution in [-0.4, -0.2) is 27.1 Å². The average Bonchev–Trinajstić information content (AvgIpc) is 3.50. The molecule has 178 valence electrons. The van der Waals surface area contributed by atoms with E-state index >= 15 is 0 Å². The van der Waals surface area contributed by atoms with Crippen LogP contribution in [0.3, 0.4) is 0 Å². The van der Waals surface area contributed by atoms with Crippen molar-refractivity contribution in [1.82, 2.24) is 15.1 Å². The zero-order valence-electron chi connectivity index (χ0n) is 19.7. The van der Waals surface area contributed by atoms with Gasteiger partial charge in [0.05, 0.1) is 11.4 Å². The third kappa shape index (κ3) is 4.26. The predicted octanol–water partition coefficient (Wildman–Crippen LogP) is 5.62. The van der Waals surface area contributed by atoms with Crippen molar-refractivity contribution in [3.05, 3.63) is 93.5 Å². The van der Waals surface area contributed by atoms with Crippen LogP contribution in [0.5, 0.6) is 0 Å². The van der Waals surface area contributed by atoms with Gasteiger partial charge in [-0.25, -0.2) is 0 Å². The van der Waals surface area contributed by atoms with E-state index in [1.54, 1.807) is 40.0 Å². The van der Waals surface area contributed by atoms with Crippen molar-refractivity contribution in [3.63, 3.8) is 0 Å². The summed E-state index contributed by atoms with van der Waals surface area (Å²) in [4.78, 5) is 30.1. The van der Waals surface area contributed by atoms with Gasteiger partial charge in [-0.05, 0) is 61.5 Å². The van der Waals surface area contributed by atoms with Gasteiger partial charge in [0.2, 0.25) is 5.91 Å². The minimum atomic E-state index is -1.22. The fraction of sp³-hybridized carbons (Fsp3) is 0.222. The summed E-state index contributed by atoms with van der Waals surface area (Å²) in [6, 6.07) is 19.1. The van der Waals surface area contributed by atoms with Crippen LogP contribution in [0.4, 0.5) is 5.69 Å². The van der Waals surface area contributed by atoms with Gasteiger partial charge in [0.25, 0.3) is 5.91 Å². The van der Waals surface area contributed by atoms with Crippen LogP contribution in [0.2, 0.25) is 5.02 Å². The van der Waals surface area contributed by atoms with E-state index in [4.69, 9.17) is 11.6 Å². The van der Waals surface area contributed by atoms with E-state index in [9.17, 15) is 9.59 Å². The van der Waals surface area contributed by atoms with Crippen molar-refractivity contribution in [2.75, 3.05) is 4.90 Å².